The lowest BCUT2D eigenvalue weighted by Crippen LogP contribution is -2.08. The van der Waals surface area contributed by atoms with Gasteiger partial charge in [0.15, 0.2) is 0 Å². The van der Waals surface area contributed by atoms with E-state index in [1.165, 1.54) is 12.1 Å². The molecule has 0 aliphatic rings. The smallest absolute Gasteiger partial charge is 0.123 e. The molecule has 1 aromatic heterocycles. The van der Waals surface area contributed by atoms with Gasteiger partial charge in [-0.2, -0.15) is 0 Å². The first-order valence-corrected chi connectivity index (χ1v) is 7.52. The average Bonchev–Trinajstić information content (AvgIpc) is 2.80. The van der Waals surface area contributed by atoms with Crippen LogP contribution in [0, 0.1) is 11.7 Å². The number of anilines is 1. The standard InChI is InChI=1S/C18H20FN3/c1-12(2)10-17-21-18-15(20)4-3-5-16(18)22(17)11-13-6-8-14(19)9-7-13/h3-9,12H,10-11,20H2,1-2H3. The molecule has 0 aliphatic heterocycles. The van der Waals surface area contributed by atoms with Gasteiger partial charge in [0.1, 0.15) is 17.2 Å². The van der Waals surface area contributed by atoms with Crippen LogP contribution in [-0.4, -0.2) is 9.55 Å². The summed E-state index contributed by atoms with van der Waals surface area (Å²) in [7, 11) is 0. The van der Waals surface area contributed by atoms with Crippen LogP contribution in [0.4, 0.5) is 10.1 Å². The van der Waals surface area contributed by atoms with Crippen molar-refractivity contribution in [1.29, 1.82) is 0 Å². The molecule has 2 aromatic carbocycles. The van der Waals surface area contributed by atoms with Gasteiger partial charge in [-0.25, -0.2) is 9.37 Å². The molecule has 4 heteroatoms. The lowest BCUT2D eigenvalue weighted by Gasteiger charge is -2.11. The van der Waals surface area contributed by atoms with E-state index in [0.29, 0.717) is 18.2 Å². The summed E-state index contributed by atoms with van der Waals surface area (Å²) in [5.74, 6) is 1.31. The Hall–Kier alpha value is -2.36. The van der Waals surface area contributed by atoms with Crippen molar-refractivity contribution in [2.45, 2.75) is 26.8 Å². The summed E-state index contributed by atoms with van der Waals surface area (Å²) >= 11 is 0. The second-order valence-electron chi connectivity index (χ2n) is 6.05. The fourth-order valence-corrected chi connectivity index (χ4v) is 2.69. The van der Waals surface area contributed by atoms with Gasteiger partial charge < -0.3 is 10.3 Å². The molecule has 3 rings (SSSR count). The highest BCUT2D eigenvalue weighted by molar-refractivity contribution is 5.87. The van der Waals surface area contributed by atoms with Crippen molar-refractivity contribution in [1.82, 2.24) is 9.55 Å². The largest absolute Gasteiger partial charge is 0.397 e. The van der Waals surface area contributed by atoms with Crippen LogP contribution in [0.2, 0.25) is 0 Å². The minimum atomic E-state index is -0.217. The number of hydrogen-bond donors (Lipinski definition) is 1. The molecule has 0 saturated heterocycles. The molecule has 3 aromatic rings. The highest BCUT2D eigenvalue weighted by Crippen LogP contribution is 2.24. The van der Waals surface area contributed by atoms with Crippen molar-refractivity contribution in [3.05, 3.63) is 59.7 Å². The summed E-state index contributed by atoms with van der Waals surface area (Å²) in [5, 5.41) is 0. The van der Waals surface area contributed by atoms with Crippen LogP contribution < -0.4 is 5.73 Å². The molecule has 114 valence electrons. The maximum atomic E-state index is 13.1. The van der Waals surface area contributed by atoms with Crippen molar-refractivity contribution < 1.29 is 4.39 Å². The molecular formula is C18H20FN3. The van der Waals surface area contributed by atoms with Crippen molar-refractivity contribution in [3.63, 3.8) is 0 Å². The van der Waals surface area contributed by atoms with Crippen molar-refractivity contribution in [2.75, 3.05) is 5.73 Å². The molecule has 3 nitrogen and oxygen atoms in total. The van der Waals surface area contributed by atoms with E-state index in [2.05, 4.69) is 18.4 Å². The third kappa shape index (κ3) is 2.82. The fourth-order valence-electron chi connectivity index (χ4n) is 2.69. The molecule has 0 fully saturated rings. The molecule has 0 aliphatic carbocycles. The number of nitrogens with two attached hydrogens (primary N) is 1. The first-order valence-electron chi connectivity index (χ1n) is 7.52. The summed E-state index contributed by atoms with van der Waals surface area (Å²) in [6, 6.07) is 12.5. The Morgan fingerprint density at radius 3 is 2.55 bits per heavy atom. The highest BCUT2D eigenvalue weighted by atomic mass is 19.1. The van der Waals surface area contributed by atoms with E-state index < -0.39 is 0 Å². The minimum Gasteiger partial charge on any atom is -0.397 e. The summed E-state index contributed by atoms with van der Waals surface area (Å²) < 4.78 is 15.3. The van der Waals surface area contributed by atoms with Gasteiger partial charge in [0.2, 0.25) is 0 Å². The van der Waals surface area contributed by atoms with Crippen molar-refractivity contribution in [3.8, 4) is 0 Å². The number of aromatic nitrogens is 2. The van der Waals surface area contributed by atoms with E-state index in [-0.39, 0.29) is 5.82 Å². The maximum Gasteiger partial charge on any atom is 0.123 e. The number of fused-ring (bicyclic) bond motifs is 1. The Labute approximate surface area is 129 Å². The molecular weight excluding hydrogens is 277 g/mol. The van der Waals surface area contributed by atoms with E-state index in [0.717, 1.165) is 28.8 Å². The van der Waals surface area contributed by atoms with E-state index in [9.17, 15) is 4.39 Å². The molecule has 0 unspecified atom stereocenters. The average molecular weight is 297 g/mol. The topological polar surface area (TPSA) is 43.8 Å². The van der Waals surface area contributed by atoms with Crippen molar-refractivity contribution in [2.24, 2.45) is 5.92 Å². The van der Waals surface area contributed by atoms with Gasteiger partial charge in [0, 0.05) is 13.0 Å². The first kappa shape index (κ1) is 14.6. The summed E-state index contributed by atoms with van der Waals surface area (Å²) in [6.45, 7) is 5.01. The molecule has 1 heterocycles. The van der Waals surface area contributed by atoms with Gasteiger partial charge in [0.25, 0.3) is 0 Å². The predicted molar refractivity (Wildman–Crippen MR) is 88.2 cm³/mol. The number of halogens is 1. The lowest BCUT2D eigenvalue weighted by molar-refractivity contribution is 0.594. The Kier molecular flexibility index (Phi) is 3.84. The number of nitrogen functional groups attached to an aromatic ring is 1. The molecule has 0 spiro atoms. The van der Waals surface area contributed by atoms with E-state index in [4.69, 9.17) is 10.7 Å². The zero-order valence-corrected chi connectivity index (χ0v) is 12.9. The lowest BCUT2D eigenvalue weighted by atomic mass is 10.1. The molecule has 0 saturated carbocycles. The van der Waals surface area contributed by atoms with Crippen LogP contribution in [0.5, 0.6) is 0 Å². The highest BCUT2D eigenvalue weighted by Gasteiger charge is 2.14. The maximum absolute atomic E-state index is 13.1. The van der Waals surface area contributed by atoms with Gasteiger partial charge in [0.05, 0.1) is 11.2 Å². The second kappa shape index (κ2) is 5.79. The van der Waals surface area contributed by atoms with Crippen LogP contribution in [0.1, 0.15) is 25.2 Å². The summed E-state index contributed by atoms with van der Waals surface area (Å²) in [5.41, 5.74) is 9.68. The van der Waals surface area contributed by atoms with Gasteiger partial charge in [-0.3, -0.25) is 0 Å². The van der Waals surface area contributed by atoms with Crippen LogP contribution in [0.15, 0.2) is 42.5 Å². The van der Waals surface area contributed by atoms with Gasteiger partial charge in [-0.05, 0) is 35.7 Å². The third-order valence-corrected chi connectivity index (χ3v) is 3.73. The van der Waals surface area contributed by atoms with Gasteiger partial charge in [-0.15, -0.1) is 0 Å². The Morgan fingerprint density at radius 2 is 1.86 bits per heavy atom. The predicted octanol–water partition coefficient (Wildman–Crippen LogP) is 4.00. The van der Waals surface area contributed by atoms with E-state index >= 15 is 0 Å². The van der Waals surface area contributed by atoms with Crippen LogP contribution in [0.25, 0.3) is 11.0 Å². The molecule has 0 radical (unpaired) electrons. The van der Waals surface area contributed by atoms with Gasteiger partial charge in [-0.1, -0.05) is 32.0 Å². The van der Waals surface area contributed by atoms with Crippen molar-refractivity contribution >= 4 is 16.7 Å². The number of para-hydroxylation sites is 1. The first-order chi connectivity index (χ1) is 10.5. The van der Waals surface area contributed by atoms with E-state index in [1.807, 2.05) is 30.3 Å². The second-order valence-corrected chi connectivity index (χ2v) is 6.05. The quantitative estimate of drug-likeness (QED) is 0.740. The van der Waals surface area contributed by atoms with Gasteiger partial charge >= 0.3 is 0 Å². The Morgan fingerprint density at radius 1 is 1.14 bits per heavy atom. The molecule has 0 amide bonds. The SMILES string of the molecule is CC(C)Cc1nc2c(N)cccc2n1Cc1ccc(F)cc1. The third-order valence-electron chi connectivity index (χ3n) is 3.73. The molecule has 22 heavy (non-hydrogen) atoms. The van der Waals surface area contributed by atoms with Crippen LogP contribution >= 0.6 is 0 Å². The number of rotatable bonds is 4. The molecule has 0 atom stereocenters. The zero-order chi connectivity index (χ0) is 15.7. The summed E-state index contributed by atoms with van der Waals surface area (Å²) in [6.07, 6.45) is 0.884. The van der Waals surface area contributed by atoms with Crippen LogP contribution in [-0.2, 0) is 13.0 Å². The monoisotopic (exact) mass is 297 g/mol. The normalized spacial score (nSPS) is 11.5. The molecule has 2 N–H and O–H groups in total. The zero-order valence-electron chi connectivity index (χ0n) is 12.9. The number of nitrogens with zero attached hydrogens (tertiary/aromatic N) is 2. The Balaban J connectivity index is 2.08. The Bertz CT molecular complexity index is 788. The summed E-state index contributed by atoms with van der Waals surface area (Å²) in [4.78, 5) is 4.73. The molecule has 0 bridgehead atoms. The number of imidazole rings is 1. The number of benzene rings is 2. The van der Waals surface area contributed by atoms with E-state index in [1.54, 1.807) is 0 Å². The minimum absolute atomic E-state index is 0.217. The number of hydrogen-bond acceptors (Lipinski definition) is 2. The van der Waals surface area contributed by atoms with Crippen LogP contribution in [0.3, 0.4) is 0 Å². The fraction of sp³-hybridized carbons (Fsp3) is 0.278.